The van der Waals surface area contributed by atoms with Gasteiger partial charge in [-0.3, -0.25) is 9.59 Å². The van der Waals surface area contributed by atoms with E-state index < -0.39 is 11.6 Å². The fourth-order valence-electron chi connectivity index (χ4n) is 10.0. The molecule has 4 saturated carbocycles. The van der Waals surface area contributed by atoms with Crippen molar-refractivity contribution < 1.29 is 33.7 Å². The van der Waals surface area contributed by atoms with Gasteiger partial charge >= 0.3 is 17.9 Å². The summed E-state index contributed by atoms with van der Waals surface area (Å²) in [7, 11) is 0. The van der Waals surface area contributed by atoms with Gasteiger partial charge in [0.05, 0.1) is 38.1 Å². The van der Waals surface area contributed by atoms with Gasteiger partial charge in [0.25, 0.3) is 0 Å². The number of hydrogen-bond acceptors (Lipinski definition) is 10. The van der Waals surface area contributed by atoms with Crippen molar-refractivity contribution in [1.82, 2.24) is 0 Å². The quantitative estimate of drug-likeness (QED) is 0.0946. The largest absolute Gasteiger partial charge is 0.461 e. The van der Waals surface area contributed by atoms with Crippen LogP contribution in [0.25, 0.3) is 0 Å². The van der Waals surface area contributed by atoms with Gasteiger partial charge in [0.2, 0.25) is 0 Å². The van der Waals surface area contributed by atoms with Crippen LogP contribution in [-0.2, 0) is 19.1 Å². The average Bonchev–Trinajstić information content (AvgIpc) is 3.64. The maximum absolute atomic E-state index is 13.7. The average molecular weight is 794 g/mol. The molecule has 8 nitrogen and oxygen atoms in total. The Morgan fingerprint density at radius 2 is 1.07 bits per heavy atom. The Kier molecular flexibility index (Phi) is 14.8. The first-order valence-corrected chi connectivity index (χ1v) is 23.1. The highest BCUT2D eigenvalue weighted by molar-refractivity contribution is 8.24. The van der Waals surface area contributed by atoms with Crippen molar-refractivity contribution in [3.05, 3.63) is 21.9 Å². The molecule has 0 unspecified atom stereocenters. The number of nitriles is 1. The van der Waals surface area contributed by atoms with Crippen LogP contribution in [0.15, 0.2) is 31.7 Å². The number of aliphatic hydroxyl groups is 1. The Hall–Kier alpha value is -2.48. The molecule has 4 aliphatic carbocycles. The molecule has 1 aromatic rings. The maximum Gasteiger partial charge on any atom is 0.350 e. The minimum Gasteiger partial charge on any atom is -0.461 e. The molecule has 0 radical (unpaired) electrons. The number of nitrogens with zero attached hydrogens (tertiary/aromatic N) is 1. The zero-order chi connectivity index (χ0) is 39.1. The lowest BCUT2D eigenvalue weighted by molar-refractivity contribution is -0.141. The number of hydrogen-bond donors (Lipinski definition) is 1. The molecule has 1 aliphatic heterocycles. The van der Waals surface area contributed by atoms with Crippen LogP contribution in [0.2, 0.25) is 0 Å². The summed E-state index contributed by atoms with van der Waals surface area (Å²) >= 11 is 2.34. The number of rotatable bonds is 12. The molecule has 1 N–H and O–H groups in total. The Morgan fingerprint density at radius 3 is 1.42 bits per heavy atom. The molecule has 0 spiro atoms. The maximum atomic E-state index is 13.7. The Morgan fingerprint density at radius 1 is 0.691 bits per heavy atom. The SMILES string of the molecule is CCC1CCC(C2CCC(C(=O)Oc3ccc(OC(=O)C4CCC(C5CCC(CC)CC5)CC4)c4c3SC(=C(C#N)C(=O)OCCC(C)(C)O)S4)CC2)CC1. The zero-order valence-electron chi connectivity index (χ0n) is 33.6. The monoisotopic (exact) mass is 793 g/mol. The number of esters is 3. The fraction of sp³-hybridized carbons (Fsp3) is 0.733. The second-order valence-corrected chi connectivity index (χ2v) is 20.1. The summed E-state index contributed by atoms with van der Waals surface area (Å²) in [5.41, 5.74) is -1.19. The van der Waals surface area contributed by atoms with Crippen LogP contribution in [0.1, 0.15) is 150 Å². The predicted octanol–water partition coefficient (Wildman–Crippen LogP) is 11.2. The summed E-state index contributed by atoms with van der Waals surface area (Å²) in [5, 5.41) is 20.2. The molecule has 0 atom stereocenters. The van der Waals surface area contributed by atoms with Gasteiger partial charge in [-0.2, -0.15) is 5.26 Å². The van der Waals surface area contributed by atoms with Crippen LogP contribution < -0.4 is 9.47 Å². The van der Waals surface area contributed by atoms with Crippen molar-refractivity contribution in [2.24, 2.45) is 47.3 Å². The molecular weight excluding hydrogens is 731 g/mol. The van der Waals surface area contributed by atoms with Crippen molar-refractivity contribution in [3.8, 4) is 17.6 Å². The van der Waals surface area contributed by atoms with E-state index in [0.717, 1.165) is 75.0 Å². The van der Waals surface area contributed by atoms with Gasteiger partial charge in [-0.1, -0.05) is 75.9 Å². The molecular formula is C45H63NO7S2. The van der Waals surface area contributed by atoms with Crippen molar-refractivity contribution in [1.29, 1.82) is 5.26 Å². The van der Waals surface area contributed by atoms with E-state index in [0.29, 0.717) is 37.4 Å². The summed E-state index contributed by atoms with van der Waals surface area (Å²) in [5.74, 6) is 3.70. The molecule has 1 aromatic carbocycles. The summed E-state index contributed by atoms with van der Waals surface area (Å²) in [6, 6.07) is 5.38. The Balaban J connectivity index is 1.13. The highest BCUT2D eigenvalue weighted by atomic mass is 32.2. The van der Waals surface area contributed by atoms with Gasteiger partial charge < -0.3 is 19.3 Å². The normalized spacial score (nSPS) is 29.8. The third-order valence-electron chi connectivity index (χ3n) is 13.8. The topological polar surface area (TPSA) is 123 Å². The van der Waals surface area contributed by atoms with E-state index in [9.17, 15) is 24.8 Å². The van der Waals surface area contributed by atoms with Crippen LogP contribution in [-0.4, -0.2) is 35.2 Å². The van der Waals surface area contributed by atoms with Gasteiger partial charge in [-0.25, -0.2) is 4.79 Å². The van der Waals surface area contributed by atoms with Crippen LogP contribution in [0, 0.1) is 58.7 Å². The summed E-state index contributed by atoms with van der Waals surface area (Å²) in [6.45, 7) is 7.81. The predicted molar refractivity (Wildman–Crippen MR) is 216 cm³/mol. The van der Waals surface area contributed by atoms with Crippen molar-refractivity contribution >= 4 is 41.4 Å². The van der Waals surface area contributed by atoms with Gasteiger partial charge in [0, 0.05) is 6.42 Å². The summed E-state index contributed by atoms with van der Waals surface area (Å²) in [4.78, 5) is 41.6. The van der Waals surface area contributed by atoms with Gasteiger partial charge in [-0.15, -0.1) is 0 Å². The standard InChI is InChI=1S/C45H63NO7S2/c1-5-28-7-11-30(12-8-28)32-15-19-34(20-16-32)41(47)52-37-23-24-38(40-39(37)54-44(55-40)36(27-46)43(49)51-26-25-45(3,4)50)53-42(48)35-21-17-33(18-22-35)31-13-9-29(6-2)10-14-31/h23-24,28-35,50H,5-22,25-26H2,1-4H3. The van der Waals surface area contributed by atoms with E-state index in [1.165, 1.54) is 87.7 Å². The van der Waals surface area contributed by atoms with Crippen molar-refractivity contribution in [3.63, 3.8) is 0 Å². The molecule has 1 heterocycles. The molecule has 5 aliphatic rings. The molecule has 0 bridgehead atoms. The second kappa shape index (κ2) is 19.3. The van der Waals surface area contributed by atoms with Crippen molar-refractivity contribution in [2.75, 3.05) is 6.61 Å². The molecule has 0 amide bonds. The molecule has 6 rings (SSSR count). The Bertz CT molecular complexity index is 1490. The summed E-state index contributed by atoms with van der Waals surface area (Å²) in [6.07, 6.45) is 20.8. The van der Waals surface area contributed by atoms with Gasteiger partial charge in [0.1, 0.15) is 17.6 Å². The summed E-state index contributed by atoms with van der Waals surface area (Å²) < 4.78 is 18.0. The minimum absolute atomic E-state index is 0.0424. The highest BCUT2D eigenvalue weighted by Crippen LogP contribution is 2.59. The molecule has 55 heavy (non-hydrogen) atoms. The van der Waals surface area contributed by atoms with Gasteiger partial charge in [0.15, 0.2) is 5.57 Å². The van der Waals surface area contributed by atoms with Crippen LogP contribution in [0.5, 0.6) is 11.5 Å². The number of carbonyl (C=O) groups is 3. The number of benzene rings is 1. The number of carbonyl (C=O) groups excluding carboxylic acids is 3. The van der Waals surface area contributed by atoms with Crippen LogP contribution >= 0.6 is 23.5 Å². The third-order valence-corrected chi connectivity index (χ3v) is 16.4. The van der Waals surface area contributed by atoms with Crippen molar-refractivity contribution in [2.45, 2.75) is 165 Å². The molecule has 302 valence electrons. The number of thioether (sulfide) groups is 2. The van der Waals surface area contributed by atoms with Gasteiger partial charge in [-0.05, 0) is 139 Å². The molecule has 10 heteroatoms. The lowest BCUT2D eigenvalue weighted by Crippen LogP contribution is -2.30. The van der Waals surface area contributed by atoms with E-state index in [1.807, 2.05) is 6.07 Å². The number of fused-ring (bicyclic) bond motifs is 1. The van der Waals surface area contributed by atoms with Crippen LogP contribution in [0.3, 0.4) is 0 Å². The van der Waals surface area contributed by atoms with E-state index in [-0.39, 0.29) is 42.4 Å². The van der Waals surface area contributed by atoms with Crippen LogP contribution in [0.4, 0.5) is 0 Å². The smallest absolute Gasteiger partial charge is 0.350 e. The van der Waals surface area contributed by atoms with E-state index in [4.69, 9.17) is 14.2 Å². The fourth-order valence-corrected chi connectivity index (χ4v) is 12.6. The lowest BCUT2D eigenvalue weighted by atomic mass is 9.69. The van der Waals surface area contributed by atoms with E-state index in [1.54, 1.807) is 26.0 Å². The molecule has 0 saturated heterocycles. The molecule has 0 aromatic heterocycles. The first-order chi connectivity index (χ1) is 26.5. The lowest BCUT2D eigenvalue weighted by Gasteiger charge is -2.37. The second-order valence-electron chi connectivity index (χ2n) is 17.8. The first kappa shape index (κ1) is 42.1. The number of ether oxygens (including phenoxy) is 3. The highest BCUT2D eigenvalue weighted by Gasteiger charge is 2.38. The Labute approximate surface area is 337 Å². The molecule has 4 fully saturated rings. The minimum atomic E-state index is -1.02. The van der Waals surface area contributed by atoms with E-state index in [2.05, 4.69) is 13.8 Å². The third kappa shape index (κ3) is 10.9. The van der Waals surface area contributed by atoms with E-state index >= 15 is 0 Å². The first-order valence-electron chi connectivity index (χ1n) is 21.5. The zero-order valence-corrected chi connectivity index (χ0v) is 35.2.